The van der Waals surface area contributed by atoms with Crippen LogP contribution in [0, 0.1) is 5.39 Å². The first-order valence-electron chi connectivity index (χ1n) is 2.61. The van der Waals surface area contributed by atoms with E-state index in [0.29, 0.717) is 6.20 Å². The van der Waals surface area contributed by atoms with E-state index in [1.807, 2.05) is 0 Å². The van der Waals surface area contributed by atoms with E-state index < -0.39 is 11.8 Å². The summed E-state index contributed by atoms with van der Waals surface area (Å²) in [6.07, 6.45) is 0.699. The lowest BCUT2D eigenvalue weighted by molar-refractivity contribution is -0.128. The second-order valence-corrected chi connectivity index (χ2v) is 1.52. The average molecular weight is 159 g/mol. The molecule has 0 heterocycles. The molecule has 0 saturated carbocycles. The van der Waals surface area contributed by atoms with Gasteiger partial charge in [-0.15, -0.1) is 0 Å². The third-order valence-corrected chi connectivity index (χ3v) is 0.735. The molecule has 0 aliphatic carbocycles. The van der Waals surface area contributed by atoms with Crippen LogP contribution in [0.25, 0.3) is 4.98 Å². The monoisotopic (exact) mass is 159 g/mol. The van der Waals surface area contributed by atoms with Gasteiger partial charge in [-0.05, 0) is 0 Å². The van der Waals surface area contributed by atoms with E-state index in [2.05, 4.69) is 10.3 Å². The number of hydrogen-bond acceptors (Lipinski definition) is 5. The van der Waals surface area contributed by atoms with Gasteiger partial charge in [0, 0.05) is 0 Å². The van der Waals surface area contributed by atoms with Crippen LogP contribution in [0.2, 0.25) is 0 Å². The van der Waals surface area contributed by atoms with Gasteiger partial charge in [0.15, 0.2) is 4.98 Å². The van der Waals surface area contributed by atoms with Crippen LogP contribution in [0.3, 0.4) is 0 Å². The van der Waals surface area contributed by atoms with Crippen LogP contribution in [0.15, 0.2) is 12.1 Å². The van der Waals surface area contributed by atoms with Crippen molar-refractivity contribution in [3.05, 3.63) is 17.1 Å². The van der Waals surface area contributed by atoms with Gasteiger partial charge in [-0.2, -0.15) is 0 Å². The number of aliphatic hydroxyl groups excluding tert-OH is 1. The number of hydrogen-bond donors (Lipinski definition) is 4. The highest BCUT2D eigenvalue weighted by Gasteiger charge is 2.01. The summed E-state index contributed by atoms with van der Waals surface area (Å²) in [7, 11) is 0. The van der Waals surface area contributed by atoms with Crippen molar-refractivity contribution in [2.24, 2.45) is 0 Å². The molecule has 0 spiro atoms. The first kappa shape index (κ1) is 9.19. The highest BCUT2D eigenvalue weighted by molar-refractivity contribution is 5.76. The first-order chi connectivity index (χ1) is 5.20. The molecule has 11 heavy (non-hydrogen) atoms. The normalized spacial score (nSPS) is 10.0. The fourth-order valence-corrected chi connectivity index (χ4v) is 0.311. The van der Waals surface area contributed by atoms with E-state index >= 15 is 0 Å². The molecule has 0 atom stereocenters. The molecule has 0 bridgehead atoms. The zero-order valence-corrected chi connectivity index (χ0v) is 5.48. The fourth-order valence-electron chi connectivity index (χ4n) is 0.311. The average Bonchev–Trinajstić information content (AvgIpc) is 2.01. The molecule has 0 aliphatic heterocycles. The molecular formula is C4H7N4O3+. The molecule has 7 heteroatoms. The molecule has 0 unspecified atom stereocenters. The predicted molar refractivity (Wildman–Crippen MR) is 33.7 cm³/mol. The summed E-state index contributed by atoms with van der Waals surface area (Å²) < 4.78 is 0. The number of rotatable bonds is 3. The lowest BCUT2D eigenvalue weighted by Gasteiger charge is -1.98. The van der Waals surface area contributed by atoms with Crippen LogP contribution in [0.5, 0.6) is 0 Å². The van der Waals surface area contributed by atoms with Crippen molar-refractivity contribution >= 4 is 5.91 Å². The van der Waals surface area contributed by atoms with Crippen LogP contribution < -0.4 is 10.8 Å². The summed E-state index contributed by atoms with van der Waals surface area (Å²) in [6.45, 7) is -0.311. The first-order valence-corrected chi connectivity index (χ1v) is 2.61. The molecule has 0 fully saturated rings. The van der Waals surface area contributed by atoms with E-state index in [0.717, 1.165) is 0 Å². The highest BCUT2D eigenvalue weighted by Crippen LogP contribution is 1.80. The number of diazo groups is 1. The van der Waals surface area contributed by atoms with Gasteiger partial charge in [-0.25, -0.2) is 5.48 Å². The minimum atomic E-state index is -0.720. The molecular weight excluding hydrogens is 152 g/mol. The molecule has 0 aromatic rings. The van der Waals surface area contributed by atoms with Crippen molar-refractivity contribution in [2.75, 3.05) is 6.54 Å². The quantitative estimate of drug-likeness (QED) is 0.188. The van der Waals surface area contributed by atoms with Gasteiger partial charge in [0.05, 0.1) is 6.54 Å². The standard InChI is InChI=1S/C4H6N4O3/c5-7-2-3(9)6-1-4(10)8-11/h2,6H,1H2,(H2-,8,9,10,11)/p+1. The van der Waals surface area contributed by atoms with Crippen LogP contribution in [-0.2, 0) is 4.79 Å². The van der Waals surface area contributed by atoms with Crippen molar-refractivity contribution in [3.63, 3.8) is 0 Å². The summed E-state index contributed by atoms with van der Waals surface area (Å²) in [5.41, 5.74) is 1.33. The summed E-state index contributed by atoms with van der Waals surface area (Å²) in [5.74, 6) is -1.20. The van der Waals surface area contributed by atoms with Crippen LogP contribution in [0.4, 0.5) is 0 Å². The minimum absolute atomic E-state index is 0.311. The minimum Gasteiger partial charge on any atom is -0.490 e. The Labute approximate surface area is 61.9 Å². The highest BCUT2D eigenvalue weighted by atomic mass is 16.5. The molecule has 1 amide bonds. The van der Waals surface area contributed by atoms with Gasteiger partial charge in [0.2, 0.25) is 5.39 Å². The Morgan fingerprint density at radius 1 is 1.73 bits per heavy atom. The van der Waals surface area contributed by atoms with Crippen molar-refractivity contribution < 1.29 is 15.1 Å². The maximum atomic E-state index is 10.3. The van der Waals surface area contributed by atoms with E-state index in [1.165, 1.54) is 5.48 Å². The van der Waals surface area contributed by atoms with Crippen molar-refractivity contribution in [1.82, 2.24) is 10.8 Å². The molecule has 0 saturated heterocycles. The second kappa shape index (κ2) is 5.01. The Bertz CT molecular complexity index is 206. The zero-order valence-electron chi connectivity index (χ0n) is 5.48. The number of amides is 1. The van der Waals surface area contributed by atoms with Gasteiger partial charge in [-0.1, -0.05) is 0 Å². The Hall–Kier alpha value is -1.81. The predicted octanol–water partition coefficient (Wildman–Crippen LogP) is -0.709. The molecule has 0 aliphatic rings. The van der Waals surface area contributed by atoms with Crippen LogP contribution in [-0.4, -0.2) is 22.8 Å². The topological polar surface area (TPSA) is 110 Å². The van der Waals surface area contributed by atoms with Crippen LogP contribution >= 0.6 is 0 Å². The van der Waals surface area contributed by atoms with E-state index in [4.69, 9.17) is 15.7 Å². The third-order valence-electron chi connectivity index (χ3n) is 0.735. The van der Waals surface area contributed by atoms with Gasteiger partial charge >= 0.3 is 6.20 Å². The van der Waals surface area contributed by atoms with Gasteiger partial charge in [-0.3, -0.25) is 10.0 Å². The van der Waals surface area contributed by atoms with E-state index in [1.54, 1.807) is 0 Å². The smallest absolute Gasteiger partial charge is 0.409 e. The SMILES string of the molecule is N#[N+]C=C(O)NCC(=O)NO. The lowest BCUT2D eigenvalue weighted by atomic mass is 10.6. The lowest BCUT2D eigenvalue weighted by Crippen LogP contribution is -2.31. The van der Waals surface area contributed by atoms with Crippen molar-refractivity contribution in [1.29, 1.82) is 5.39 Å². The molecule has 0 aromatic heterocycles. The summed E-state index contributed by atoms with van der Waals surface area (Å²) in [5, 5.41) is 26.6. The number of nitrogens with one attached hydrogen (secondary N) is 2. The molecule has 4 N–H and O–H groups in total. The van der Waals surface area contributed by atoms with Gasteiger partial charge in [0.1, 0.15) is 0 Å². The Balaban J connectivity index is 3.64. The van der Waals surface area contributed by atoms with Crippen LogP contribution in [0.1, 0.15) is 0 Å². The number of nitrogens with zero attached hydrogens (tertiary/aromatic N) is 2. The number of hydroxylamine groups is 1. The van der Waals surface area contributed by atoms with E-state index in [-0.39, 0.29) is 6.54 Å². The Morgan fingerprint density at radius 2 is 2.36 bits per heavy atom. The largest absolute Gasteiger partial charge is 0.490 e. The summed E-state index contributed by atoms with van der Waals surface area (Å²) in [4.78, 5) is 12.7. The summed E-state index contributed by atoms with van der Waals surface area (Å²) in [6, 6.07) is 0. The third kappa shape index (κ3) is 4.68. The number of aliphatic hydroxyl groups is 1. The second-order valence-electron chi connectivity index (χ2n) is 1.52. The zero-order chi connectivity index (χ0) is 8.69. The van der Waals surface area contributed by atoms with E-state index in [9.17, 15) is 4.79 Å². The van der Waals surface area contributed by atoms with Crippen molar-refractivity contribution in [2.45, 2.75) is 0 Å². The molecule has 0 radical (unpaired) electrons. The maximum Gasteiger partial charge on any atom is 0.409 e. The number of carbonyl (C=O) groups excluding carboxylic acids is 1. The molecule has 0 aromatic carbocycles. The Kier molecular flexibility index (Phi) is 4.19. The number of carbonyl (C=O) groups is 1. The molecule has 0 rings (SSSR count). The molecule has 60 valence electrons. The van der Waals surface area contributed by atoms with Gasteiger partial charge < -0.3 is 10.4 Å². The maximum absolute atomic E-state index is 10.3. The molecule has 7 nitrogen and oxygen atoms in total. The summed E-state index contributed by atoms with van der Waals surface area (Å²) >= 11 is 0. The Morgan fingerprint density at radius 3 is 2.82 bits per heavy atom. The van der Waals surface area contributed by atoms with Gasteiger partial charge in [0.25, 0.3) is 11.8 Å². The van der Waals surface area contributed by atoms with Crippen molar-refractivity contribution in [3.8, 4) is 0 Å². The fraction of sp³-hybridized carbons (Fsp3) is 0.250.